The third-order valence-corrected chi connectivity index (χ3v) is 8.00. The molecule has 1 aromatic carbocycles. The zero-order chi connectivity index (χ0) is 32.1. The molecule has 0 radical (unpaired) electrons. The van der Waals surface area contributed by atoms with Crippen LogP contribution >= 0.6 is 11.3 Å². The highest BCUT2D eigenvalue weighted by Gasteiger charge is 2.35. The molecule has 0 bridgehead atoms. The summed E-state index contributed by atoms with van der Waals surface area (Å²) in [5.74, 6) is -0.399. The number of aliphatic hydroxyl groups excluding tert-OH is 2. The number of nitrogens with one attached hydrogen (secondary N) is 1. The van der Waals surface area contributed by atoms with E-state index in [0.717, 1.165) is 4.57 Å². The summed E-state index contributed by atoms with van der Waals surface area (Å²) in [6.45, 7) is 10.3. The van der Waals surface area contributed by atoms with E-state index in [-0.39, 0.29) is 31.7 Å². The molecule has 3 N–H and O–H groups in total. The highest BCUT2D eigenvalue weighted by atomic mass is 32.1. The van der Waals surface area contributed by atoms with Crippen molar-refractivity contribution in [1.82, 2.24) is 29.4 Å². The maximum atomic E-state index is 14.0. The molecule has 0 aliphatic heterocycles. The van der Waals surface area contributed by atoms with Crippen LogP contribution in [0.3, 0.4) is 0 Å². The van der Waals surface area contributed by atoms with Crippen LogP contribution in [0.15, 0.2) is 40.2 Å². The van der Waals surface area contributed by atoms with Gasteiger partial charge >= 0.3 is 5.69 Å². The molecule has 0 aliphatic carbocycles. The van der Waals surface area contributed by atoms with Gasteiger partial charge in [-0.05, 0) is 78.1 Å². The van der Waals surface area contributed by atoms with Crippen LogP contribution in [0, 0.1) is 12.7 Å². The van der Waals surface area contributed by atoms with Crippen molar-refractivity contribution in [2.24, 2.45) is 0 Å². The fourth-order valence-corrected chi connectivity index (χ4v) is 5.67. The zero-order valence-electron chi connectivity index (χ0n) is 25.4. The number of hydrogen-bond acceptors (Lipinski definition) is 9. The Kier molecular flexibility index (Phi) is 11.0. The minimum absolute atomic E-state index is 0.0810. The fraction of sp³-hybridized carbons (Fsp3) is 0.483. The largest absolute Gasteiger partial charge is 0.496 e. The molecule has 4 rings (SSSR count). The van der Waals surface area contributed by atoms with E-state index in [1.807, 2.05) is 0 Å². The Morgan fingerprint density at radius 3 is 2.37 bits per heavy atom. The first-order valence-corrected chi connectivity index (χ1v) is 14.6. The number of amides is 1. The molecule has 1 amide bonds. The first-order valence-electron chi connectivity index (χ1n) is 13.8. The van der Waals surface area contributed by atoms with Crippen molar-refractivity contribution in [3.63, 3.8) is 0 Å². The molecule has 4 aromatic rings. The smallest absolute Gasteiger partial charge is 0.333 e. The van der Waals surface area contributed by atoms with E-state index in [1.165, 1.54) is 72.3 Å². The Morgan fingerprint density at radius 2 is 1.84 bits per heavy atom. The summed E-state index contributed by atoms with van der Waals surface area (Å²) in [5.41, 5.74) is -1.54. The summed E-state index contributed by atoms with van der Waals surface area (Å²) in [6.07, 6.45) is 3.42. The fourth-order valence-electron chi connectivity index (χ4n) is 4.44. The number of aryl methyl sites for hydroxylation is 3. The topological polar surface area (TPSA) is 154 Å². The summed E-state index contributed by atoms with van der Waals surface area (Å²) in [7, 11) is 1.49. The van der Waals surface area contributed by atoms with Gasteiger partial charge in [0.2, 0.25) is 5.91 Å². The number of methoxy groups -OCH3 is 1. The summed E-state index contributed by atoms with van der Waals surface area (Å²) in [4.78, 5) is 42.6. The van der Waals surface area contributed by atoms with Crippen LogP contribution in [0.5, 0.6) is 5.75 Å². The van der Waals surface area contributed by atoms with Gasteiger partial charge in [-0.1, -0.05) is 11.3 Å². The minimum Gasteiger partial charge on any atom is -0.496 e. The van der Waals surface area contributed by atoms with Crippen molar-refractivity contribution in [3.8, 4) is 10.8 Å². The number of carbonyl (C=O) groups is 1. The van der Waals surface area contributed by atoms with E-state index in [9.17, 15) is 18.8 Å². The number of thiophene rings is 1. The Hall–Kier alpha value is -3.88. The van der Waals surface area contributed by atoms with E-state index in [2.05, 4.69) is 15.5 Å². The van der Waals surface area contributed by atoms with Gasteiger partial charge in [0.15, 0.2) is 0 Å². The lowest BCUT2D eigenvalue weighted by Gasteiger charge is -2.27. The van der Waals surface area contributed by atoms with Gasteiger partial charge in [-0.15, -0.1) is 4.80 Å². The first kappa shape index (κ1) is 33.6. The van der Waals surface area contributed by atoms with Crippen molar-refractivity contribution >= 4 is 27.5 Å². The zero-order valence-corrected chi connectivity index (χ0v) is 26.2. The first-order chi connectivity index (χ1) is 20.2. The van der Waals surface area contributed by atoms with E-state index < -0.39 is 28.5 Å². The molecule has 234 valence electrons. The van der Waals surface area contributed by atoms with E-state index in [0.29, 0.717) is 38.5 Å². The second-order valence-electron chi connectivity index (χ2n) is 10.9. The minimum atomic E-state index is -1.48. The molecule has 0 saturated heterocycles. The molecule has 1 unspecified atom stereocenters. The molecule has 0 aliphatic rings. The van der Waals surface area contributed by atoms with Crippen LogP contribution < -0.4 is 21.3 Å². The van der Waals surface area contributed by atoms with Crippen LogP contribution in [0.25, 0.3) is 15.2 Å². The summed E-state index contributed by atoms with van der Waals surface area (Å²) in [6, 6.07) is 4.00. The van der Waals surface area contributed by atoms with E-state index in [4.69, 9.17) is 14.9 Å². The van der Waals surface area contributed by atoms with Crippen LogP contribution in [0.1, 0.15) is 52.2 Å². The van der Waals surface area contributed by atoms with Crippen LogP contribution in [0.4, 0.5) is 4.39 Å². The van der Waals surface area contributed by atoms with Gasteiger partial charge in [0.1, 0.15) is 26.9 Å². The van der Waals surface area contributed by atoms with Gasteiger partial charge in [-0.3, -0.25) is 14.2 Å². The maximum absolute atomic E-state index is 14.0. The summed E-state index contributed by atoms with van der Waals surface area (Å²) in [5, 5.41) is 28.5. The van der Waals surface area contributed by atoms with Crippen molar-refractivity contribution in [2.75, 3.05) is 13.7 Å². The van der Waals surface area contributed by atoms with Gasteiger partial charge in [0, 0.05) is 24.8 Å². The number of ether oxygens (including phenoxy) is 1. The number of fused-ring (bicyclic) bond motifs is 1. The predicted octanol–water partition coefficient (Wildman–Crippen LogP) is 2.51. The molecule has 0 spiro atoms. The van der Waals surface area contributed by atoms with Gasteiger partial charge < -0.3 is 20.3 Å². The highest BCUT2D eigenvalue weighted by Crippen LogP contribution is 2.31. The molecule has 14 heteroatoms. The van der Waals surface area contributed by atoms with Crippen LogP contribution in [0.2, 0.25) is 0 Å². The lowest BCUT2D eigenvalue weighted by molar-refractivity contribution is -0.129. The SMILES string of the molecule is CC(O)CCO.COc1ccc(F)cc1CCn1c(=O)n(C(C)(C)C(=O)NC(C)C)c(=O)c2c(C)c(-n3nccn3)sc21. The van der Waals surface area contributed by atoms with Crippen molar-refractivity contribution in [3.05, 3.63) is 68.4 Å². The van der Waals surface area contributed by atoms with Gasteiger partial charge in [-0.2, -0.15) is 10.2 Å². The highest BCUT2D eigenvalue weighted by molar-refractivity contribution is 7.21. The lowest BCUT2D eigenvalue weighted by Crippen LogP contribution is -2.56. The second kappa shape index (κ2) is 14.1. The molecule has 3 heterocycles. The summed E-state index contributed by atoms with van der Waals surface area (Å²) < 4.78 is 21.8. The molecule has 43 heavy (non-hydrogen) atoms. The van der Waals surface area contributed by atoms with E-state index in [1.54, 1.807) is 27.7 Å². The monoisotopic (exact) mass is 618 g/mol. The summed E-state index contributed by atoms with van der Waals surface area (Å²) >= 11 is 1.20. The number of aromatic nitrogens is 5. The molecule has 0 fully saturated rings. The number of benzene rings is 1. The predicted molar refractivity (Wildman–Crippen MR) is 163 cm³/mol. The average molecular weight is 619 g/mol. The Balaban J connectivity index is 0.000000765. The lowest BCUT2D eigenvalue weighted by atomic mass is 10.0. The normalized spacial score (nSPS) is 12.3. The molecular formula is C29H39FN6O6S. The molecule has 12 nitrogen and oxygen atoms in total. The third-order valence-electron chi connectivity index (χ3n) is 6.72. The number of hydrogen-bond donors (Lipinski definition) is 3. The number of aliphatic hydroxyl groups is 2. The Morgan fingerprint density at radius 1 is 1.19 bits per heavy atom. The van der Waals surface area contributed by atoms with Crippen molar-refractivity contribution < 1.29 is 24.1 Å². The second-order valence-corrected chi connectivity index (χ2v) is 11.8. The van der Waals surface area contributed by atoms with Crippen molar-refractivity contribution in [1.29, 1.82) is 0 Å². The molecule has 3 aromatic heterocycles. The number of rotatable bonds is 10. The molecule has 0 saturated carbocycles. The van der Waals surface area contributed by atoms with E-state index >= 15 is 0 Å². The number of carbonyl (C=O) groups excluding carboxylic acids is 1. The number of halogens is 1. The van der Waals surface area contributed by atoms with Gasteiger partial charge in [0.25, 0.3) is 5.56 Å². The van der Waals surface area contributed by atoms with Crippen molar-refractivity contribution in [2.45, 2.75) is 78.6 Å². The average Bonchev–Trinajstić information content (AvgIpc) is 3.56. The molecular weight excluding hydrogens is 579 g/mol. The standard InChI is InChI=1S/C25H29FN6O4S.C4H10O2/c1-14(2)29-23(34)25(4,5)31-20(33)19-15(3)21(32-27-10-11-28-32)37-22(19)30(24(31)35)12-9-16-13-17(26)7-8-18(16)36-6;1-4(6)2-3-5/h7-8,10-11,13-14H,9,12H2,1-6H3,(H,29,34);4-6H,2-3H2,1H3. The third kappa shape index (κ3) is 7.37. The molecule has 1 atom stereocenters. The quantitative estimate of drug-likeness (QED) is 0.245. The Bertz CT molecular complexity index is 1670. The van der Waals surface area contributed by atoms with Crippen LogP contribution in [-0.2, 0) is 23.3 Å². The maximum Gasteiger partial charge on any atom is 0.333 e. The number of nitrogens with zero attached hydrogens (tertiary/aromatic N) is 5. The van der Waals surface area contributed by atoms with Gasteiger partial charge in [-0.25, -0.2) is 13.8 Å². The Labute approximate surface area is 252 Å². The van der Waals surface area contributed by atoms with Crippen LogP contribution in [-0.4, -0.2) is 66.1 Å². The van der Waals surface area contributed by atoms with Gasteiger partial charge in [0.05, 0.1) is 31.0 Å².